The first-order valence-corrected chi connectivity index (χ1v) is 9.05. The molecule has 6 heteroatoms. The molecule has 25 heavy (non-hydrogen) atoms. The van der Waals surface area contributed by atoms with Crippen LogP contribution in [0.5, 0.6) is 0 Å². The Morgan fingerprint density at radius 2 is 1.88 bits per heavy atom. The number of hydrogen-bond donors (Lipinski definition) is 1. The lowest BCUT2D eigenvalue weighted by atomic mass is 9.97. The van der Waals surface area contributed by atoms with Crippen molar-refractivity contribution in [3.05, 3.63) is 35.9 Å². The number of rotatable bonds is 4. The van der Waals surface area contributed by atoms with Crippen LogP contribution in [-0.4, -0.2) is 67.6 Å². The van der Waals surface area contributed by atoms with Crippen LogP contribution in [0.2, 0.25) is 0 Å². The first-order valence-electron chi connectivity index (χ1n) is 9.05. The van der Waals surface area contributed by atoms with Gasteiger partial charge in [-0.3, -0.25) is 14.5 Å². The predicted octanol–water partition coefficient (Wildman–Crippen LogP) is 0.872. The molecule has 2 fully saturated rings. The molecule has 1 atom stereocenters. The number of piperazine rings is 1. The number of hydrogen-bond acceptors (Lipinski definition) is 4. The van der Waals surface area contributed by atoms with Crippen LogP contribution in [0.1, 0.15) is 18.4 Å². The van der Waals surface area contributed by atoms with Gasteiger partial charge in [0.1, 0.15) is 6.04 Å². The minimum atomic E-state index is -0.303. The Hall–Kier alpha value is -1.92. The summed E-state index contributed by atoms with van der Waals surface area (Å²) >= 11 is 0. The molecule has 136 valence electrons. The second-order valence-electron chi connectivity index (χ2n) is 6.76. The summed E-state index contributed by atoms with van der Waals surface area (Å²) < 4.78 is 5.35. The topological polar surface area (TPSA) is 61.9 Å². The Bertz CT molecular complexity index is 587. The van der Waals surface area contributed by atoms with Crippen LogP contribution >= 0.6 is 0 Å². The van der Waals surface area contributed by atoms with Gasteiger partial charge >= 0.3 is 0 Å². The first kappa shape index (κ1) is 17.9. The Balaban J connectivity index is 1.67. The quantitative estimate of drug-likeness (QED) is 0.880. The van der Waals surface area contributed by atoms with Gasteiger partial charge in [0.25, 0.3) is 0 Å². The van der Waals surface area contributed by atoms with Gasteiger partial charge in [-0.15, -0.1) is 0 Å². The summed E-state index contributed by atoms with van der Waals surface area (Å²) in [5.74, 6) is 0.191. The average Bonchev–Trinajstić information content (AvgIpc) is 2.68. The lowest BCUT2D eigenvalue weighted by molar-refractivity contribution is -0.144. The Labute approximate surface area is 149 Å². The van der Waals surface area contributed by atoms with Gasteiger partial charge < -0.3 is 15.0 Å². The molecule has 6 nitrogen and oxygen atoms in total. The highest BCUT2D eigenvalue weighted by atomic mass is 16.5. The molecule has 2 aliphatic rings. The van der Waals surface area contributed by atoms with E-state index < -0.39 is 0 Å². The number of likely N-dealkylation sites (N-methyl/N-ethyl adjacent to an activating group) is 1. The highest BCUT2D eigenvalue weighted by molar-refractivity contribution is 5.84. The van der Waals surface area contributed by atoms with E-state index in [1.54, 1.807) is 7.05 Å². The van der Waals surface area contributed by atoms with Crippen molar-refractivity contribution in [2.24, 2.45) is 5.92 Å². The van der Waals surface area contributed by atoms with Gasteiger partial charge in [0.15, 0.2) is 0 Å². The normalized spacial score (nSPS) is 22.6. The van der Waals surface area contributed by atoms with Crippen molar-refractivity contribution in [3.63, 3.8) is 0 Å². The maximum Gasteiger partial charge on any atom is 0.238 e. The fraction of sp³-hybridized carbons (Fsp3) is 0.579. The summed E-state index contributed by atoms with van der Waals surface area (Å²) in [6, 6.07) is 9.85. The molecule has 1 N–H and O–H groups in total. The molecular formula is C19H27N3O3. The number of nitrogens with zero attached hydrogens (tertiary/aromatic N) is 2. The molecule has 0 spiro atoms. The average molecular weight is 345 g/mol. The summed E-state index contributed by atoms with van der Waals surface area (Å²) in [7, 11) is 1.66. The van der Waals surface area contributed by atoms with Crippen molar-refractivity contribution >= 4 is 11.8 Å². The lowest BCUT2D eigenvalue weighted by Crippen LogP contribution is -2.60. The molecule has 0 unspecified atom stereocenters. The van der Waals surface area contributed by atoms with Crippen molar-refractivity contribution in [3.8, 4) is 0 Å². The highest BCUT2D eigenvalue weighted by Crippen LogP contribution is 2.21. The number of amides is 2. The van der Waals surface area contributed by atoms with E-state index in [4.69, 9.17) is 4.74 Å². The van der Waals surface area contributed by atoms with Gasteiger partial charge in [-0.05, 0) is 18.4 Å². The largest absolute Gasteiger partial charge is 0.381 e. The van der Waals surface area contributed by atoms with Crippen molar-refractivity contribution in [2.75, 3.05) is 39.9 Å². The smallest absolute Gasteiger partial charge is 0.238 e. The minimum Gasteiger partial charge on any atom is -0.381 e. The third-order valence-electron chi connectivity index (χ3n) is 5.15. The van der Waals surface area contributed by atoms with Crippen LogP contribution in [0.4, 0.5) is 0 Å². The van der Waals surface area contributed by atoms with E-state index >= 15 is 0 Å². The molecule has 1 aromatic rings. The zero-order valence-electron chi connectivity index (χ0n) is 14.8. The van der Waals surface area contributed by atoms with Crippen LogP contribution in [0.3, 0.4) is 0 Å². The molecular weight excluding hydrogens is 318 g/mol. The van der Waals surface area contributed by atoms with Crippen molar-refractivity contribution in [1.29, 1.82) is 0 Å². The van der Waals surface area contributed by atoms with Gasteiger partial charge in [-0.2, -0.15) is 0 Å². The Kier molecular flexibility index (Phi) is 6.04. The zero-order valence-corrected chi connectivity index (χ0v) is 14.8. The Morgan fingerprint density at radius 3 is 2.56 bits per heavy atom. The van der Waals surface area contributed by atoms with Crippen LogP contribution in [0.25, 0.3) is 0 Å². The van der Waals surface area contributed by atoms with E-state index in [0.29, 0.717) is 32.8 Å². The zero-order chi connectivity index (χ0) is 17.6. The van der Waals surface area contributed by atoms with E-state index in [9.17, 15) is 9.59 Å². The van der Waals surface area contributed by atoms with Crippen molar-refractivity contribution in [2.45, 2.75) is 25.4 Å². The van der Waals surface area contributed by atoms with Crippen LogP contribution in [-0.2, 0) is 20.9 Å². The Morgan fingerprint density at radius 1 is 1.16 bits per heavy atom. The molecule has 0 radical (unpaired) electrons. The van der Waals surface area contributed by atoms with E-state index in [0.717, 1.165) is 19.4 Å². The van der Waals surface area contributed by atoms with E-state index in [1.807, 2.05) is 23.1 Å². The maximum atomic E-state index is 12.8. The number of benzene rings is 1. The summed E-state index contributed by atoms with van der Waals surface area (Å²) in [6.45, 7) is 3.88. The lowest BCUT2D eigenvalue weighted by Gasteiger charge is -2.41. The summed E-state index contributed by atoms with van der Waals surface area (Å²) in [4.78, 5) is 29.2. The summed E-state index contributed by atoms with van der Waals surface area (Å²) in [6.07, 6.45) is 1.57. The standard InChI is InChI=1S/C19H27N3O3/c1-20-18(23)17-14-22(19(24)16-7-11-25-12-8-16)10-9-21(17)13-15-5-3-2-4-6-15/h2-6,16-17H,7-14H2,1H3,(H,20,23)/t17-/m1/s1. The monoisotopic (exact) mass is 345 g/mol. The summed E-state index contributed by atoms with van der Waals surface area (Å²) in [5.41, 5.74) is 1.18. The second kappa shape index (κ2) is 8.45. The van der Waals surface area contributed by atoms with Crippen LogP contribution in [0, 0.1) is 5.92 Å². The van der Waals surface area contributed by atoms with Gasteiger partial charge in [-0.1, -0.05) is 30.3 Å². The van der Waals surface area contributed by atoms with Gasteiger partial charge in [0.05, 0.1) is 0 Å². The van der Waals surface area contributed by atoms with Crippen LogP contribution < -0.4 is 5.32 Å². The van der Waals surface area contributed by atoms with Crippen molar-refractivity contribution < 1.29 is 14.3 Å². The number of nitrogens with one attached hydrogen (secondary N) is 1. The third kappa shape index (κ3) is 4.38. The van der Waals surface area contributed by atoms with Gasteiger partial charge in [-0.25, -0.2) is 0 Å². The molecule has 0 aliphatic carbocycles. The summed E-state index contributed by atoms with van der Waals surface area (Å²) in [5, 5.41) is 2.75. The number of ether oxygens (including phenoxy) is 1. The fourth-order valence-corrected chi connectivity index (χ4v) is 3.65. The van der Waals surface area contributed by atoms with E-state index in [-0.39, 0.29) is 23.8 Å². The number of carbonyl (C=O) groups is 2. The van der Waals surface area contributed by atoms with Gasteiger partial charge in [0, 0.05) is 52.4 Å². The second-order valence-corrected chi connectivity index (χ2v) is 6.76. The molecule has 3 rings (SSSR count). The third-order valence-corrected chi connectivity index (χ3v) is 5.15. The molecule has 0 bridgehead atoms. The molecule has 0 aromatic heterocycles. The van der Waals surface area contributed by atoms with E-state index in [2.05, 4.69) is 22.3 Å². The predicted molar refractivity (Wildman–Crippen MR) is 94.8 cm³/mol. The fourth-order valence-electron chi connectivity index (χ4n) is 3.65. The molecule has 2 saturated heterocycles. The van der Waals surface area contributed by atoms with Crippen LogP contribution in [0.15, 0.2) is 30.3 Å². The van der Waals surface area contributed by atoms with E-state index in [1.165, 1.54) is 5.56 Å². The molecule has 2 aliphatic heterocycles. The molecule has 1 aromatic carbocycles. The van der Waals surface area contributed by atoms with Crippen molar-refractivity contribution in [1.82, 2.24) is 15.1 Å². The highest BCUT2D eigenvalue weighted by Gasteiger charge is 2.36. The SMILES string of the molecule is CNC(=O)[C@H]1CN(C(=O)C2CCOCC2)CCN1Cc1ccccc1. The van der Waals surface area contributed by atoms with Gasteiger partial charge in [0.2, 0.25) is 11.8 Å². The molecule has 2 amide bonds. The molecule has 0 saturated carbocycles. The number of carbonyl (C=O) groups excluding carboxylic acids is 2. The molecule has 2 heterocycles. The maximum absolute atomic E-state index is 12.8. The first-order chi connectivity index (χ1) is 12.2. The minimum absolute atomic E-state index is 0.0274.